The molecule has 0 aliphatic heterocycles. The van der Waals surface area contributed by atoms with Crippen LogP contribution in [0.2, 0.25) is 0 Å². The van der Waals surface area contributed by atoms with E-state index in [1.165, 1.54) is 13.0 Å². The SMILES string of the molecule is Cc1ccc(C(F)(F)F)cc1Nc1cc(C(F)(F)F)nc(NCCN(C)C)n1. The van der Waals surface area contributed by atoms with Crippen LogP contribution in [0.1, 0.15) is 16.8 Å². The molecule has 11 heteroatoms. The molecule has 0 unspecified atom stereocenters. The molecule has 0 atom stereocenters. The number of aryl methyl sites for hydroxylation is 1. The van der Waals surface area contributed by atoms with E-state index in [9.17, 15) is 26.3 Å². The third-order valence-corrected chi connectivity index (χ3v) is 3.69. The summed E-state index contributed by atoms with van der Waals surface area (Å²) >= 11 is 0. The Kier molecular flexibility index (Phi) is 6.37. The van der Waals surface area contributed by atoms with Gasteiger partial charge in [0.05, 0.1) is 5.56 Å². The van der Waals surface area contributed by atoms with Crippen molar-refractivity contribution in [2.75, 3.05) is 37.8 Å². The van der Waals surface area contributed by atoms with Gasteiger partial charge in [-0.3, -0.25) is 0 Å². The minimum absolute atomic E-state index is 0.000825. The van der Waals surface area contributed by atoms with Crippen LogP contribution in [0, 0.1) is 6.92 Å². The van der Waals surface area contributed by atoms with Crippen molar-refractivity contribution in [3.05, 3.63) is 41.1 Å². The number of anilines is 3. The summed E-state index contributed by atoms with van der Waals surface area (Å²) in [7, 11) is 3.58. The topological polar surface area (TPSA) is 53.1 Å². The molecule has 0 aliphatic carbocycles. The second kappa shape index (κ2) is 8.21. The number of nitrogens with zero attached hydrogens (tertiary/aromatic N) is 3. The lowest BCUT2D eigenvalue weighted by Gasteiger charge is -2.16. The number of nitrogens with one attached hydrogen (secondary N) is 2. The number of halogens is 6. The van der Waals surface area contributed by atoms with Gasteiger partial charge < -0.3 is 15.5 Å². The summed E-state index contributed by atoms with van der Waals surface area (Å²) in [5.74, 6) is -0.541. The van der Waals surface area contributed by atoms with E-state index in [1.54, 1.807) is 14.1 Å². The first-order valence-corrected chi connectivity index (χ1v) is 8.16. The molecule has 0 radical (unpaired) electrons. The summed E-state index contributed by atoms with van der Waals surface area (Å²) in [6, 6.07) is 3.60. The molecular weight excluding hydrogens is 388 g/mol. The molecule has 0 aliphatic rings. The minimum atomic E-state index is -4.74. The van der Waals surface area contributed by atoms with Crippen molar-refractivity contribution in [2.45, 2.75) is 19.3 Å². The zero-order valence-corrected chi connectivity index (χ0v) is 15.3. The summed E-state index contributed by atoms with van der Waals surface area (Å²) < 4.78 is 78.1. The van der Waals surface area contributed by atoms with Gasteiger partial charge in [0.25, 0.3) is 0 Å². The number of aromatic nitrogens is 2. The van der Waals surface area contributed by atoms with Gasteiger partial charge in [0.15, 0.2) is 5.69 Å². The number of alkyl halides is 6. The molecule has 0 bridgehead atoms. The molecule has 2 N–H and O–H groups in total. The summed E-state index contributed by atoms with van der Waals surface area (Å²) in [6.45, 7) is 2.34. The molecule has 0 saturated heterocycles. The molecule has 1 aromatic carbocycles. The first-order chi connectivity index (χ1) is 12.9. The third-order valence-electron chi connectivity index (χ3n) is 3.69. The van der Waals surface area contributed by atoms with Crippen LogP contribution in [0.25, 0.3) is 0 Å². The van der Waals surface area contributed by atoms with Crippen molar-refractivity contribution in [3.8, 4) is 0 Å². The normalized spacial score (nSPS) is 12.4. The summed E-state index contributed by atoms with van der Waals surface area (Å²) in [6.07, 6.45) is -9.31. The molecule has 2 rings (SSSR count). The number of likely N-dealkylation sites (N-methyl/N-ethyl adjacent to an activating group) is 1. The maximum absolute atomic E-state index is 13.1. The van der Waals surface area contributed by atoms with Gasteiger partial charge >= 0.3 is 12.4 Å². The van der Waals surface area contributed by atoms with Crippen LogP contribution in [0.3, 0.4) is 0 Å². The van der Waals surface area contributed by atoms with Crippen LogP contribution in [0.4, 0.5) is 43.8 Å². The van der Waals surface area contributed by atoms with E-state index in [1.807, 2.05) is 4.90 Å². The lowest BCUT2D eigenvalue weighted by atomic mass is 10.1. The molecule has 1 aromatic heterocycles. The van der Waals surface area contributed by atoms with E-state index in [-0.39, 0.29) is 24.0 Å². The second-order valence-electron chi connectivity index (χ2n) is 6.34. The standard InChI is InChI=1S/C17H19F6N5/c1-10-4-5-11(16(18,19)20)8-12(10)25-14-9-13(17(21,22)23)26-15(27-14)24-6-7-28(2)3/h4-5,8-9H,6-7H2,1-3H3,(H2,24,25,26,27). The van der Waals surface area contributed by atoms with Crippen molar-refractivity contribution < 1.29 is 26.3 Å². The Labute approximate surface area is 157 Å². The highest BCUT2D eigenvalue weighted by Gasteiger charge is 2.34. The number of rotatable bonds is 6. The van der Waals surface area contributed by atoms with E-state index < -0.39 is 23.6 Å². The van der Waals surface area contributed by atoms with E-state index in [0.717, 1.165) is 12.1 Å². The van der Waals surface area contributed by atoms with Gasteiger partial charge in [0.2, 0.25) is 5.95 Å². The first-order valence-electron chi connectivity index (χ1n) is 8.16. The van der Waals surface area contributed by atoms with Crippen LogP contribution in [-0.2, 0) is 12.4 Å². The predicted octanol–water partition coefficient (Wildman–Crippen LogP) is 4.54. The van der Waals surface area contributed by atoms with Crippen LogP contribution < -0.4 is 10.6 Å². The summed E-state index contributed by atoms with van der Waals surface area (Å²) in [4.78, 5) is 9.19. The second-order valence-corrected chi connectivity index (χ2v) is 6.34. The van der Waals surface area contributed by atoms with Gasteiger partial charge in [-0.2, -0.15) is 31.3 Å². The van der Waals surface area contributed by atoms with Crippen molar-refractivity contribution in [3.63, 3.8) is 0 Å². The number of hydrogen-bond acceptors (Lipinski definition) is 5. The fourth-order valence-corrected chi connectivity index (χ4v) is 2.20. The molecule has 0 saturated carbocycles. The zero-order chi connectivity index (χ0) is 21.1. The fourth-order valence-electron chi connectivity index (χ4n) is 2.20. The maximum Gasteiger partial charge on any atom is 0.433 e. The monoisotopic (exact) mass is 407 g/mol. The number of benzene rings is 1. The highest BCUT2D eigenvalue weighted by atomic mass is 19.4. The van der Waals surface area contributed by atoms with Crippen LogP contribution >= 0.6 is 0 Å². The maximum atomic E-state index is 13.1. The lowest BCUT2D eigenvalue weighted by molar-refractivity contribution is -0.141. The predicted molar refractivity (Wildman–Crippen MR) is 93.5 cm³/mol. The van der Waals surface area contributed by atoms with Crippen molar-refractivity contribution in [2.24, 2.45) is 0 Å². The Balaban J connectivity index is 2.36. The zero-order valence-electron chi connectivity index (χ0n) is 15.3. The quantitative estimate of drug-likeness (QED) is 0.689. The minimum Gasteiger partial charge on any atom is -0.353 e. The van der Waals surface area contributed by atoms with Gasteiger partial charge in [-0.05, 0) is 38.7 Å². The Hall–Kier alpha value is -2.56. The average Bonchev–Trinajstić information content (AvgIpc) is 2.54. The fraction of sp³-hybridized carbons (Fsp3) is 0.412. The molecule has 5 nitrogen and oxygen atoms in total. The Morgan fingerprint density at radius 1 is 0.964 bits per heavy atom. The van der Waals surface area contributed by atoms with Gasteiger partial charge in [-0.1, -0.05) is 6.07 Å². The van der Waals surface area contributed by atoms with E-state index in [0.29, 0.717) is 18.2 Å². The molecule has 28 heavy (non-hydrogen) atoms. The molecule has 0 amide bonds. The molecule has 0 spiro atoms. The Morgan fingerprint density at radius 2 is 1.64 bits per heavy atom. The Morgan fingerprint density at radius 3 is 2.21 bits per heavy atom. The molecule has 2 aromatic rings. The Bertz CT molecular complexity index is 817. The van der Waals surface area contributed by atoms with Gasteiger partial charge in [0, 0.05) is 24.8 Å². The largest absolute Gasteiger partial charge is 0.433 e. The molecule has 1 heterocycles. The van der Waals surface area contributed by atoms with E-state index >= 15 is 0 Å². The highest BCUT2D eigenvalue weighted by Crippen LogP contribution is 2.34. The van der Waals surface area contributed by atoms with Crippen molar-refractivity contribution in [1.82, 2.24) is 14.9 Å². The average molecular weight is 407 g/mol. The van der Waals surface area contributed by atoms with Crippen molar-refractivity contribution >= 4 is 17.5 Å². The lowest BCUT2D eigenvalue weighted by Crippen LogP contribution is -2.22. The van der Waals surface area contributed by atoms with Crippen LogP contribution in [-0.4, -0.2) is 42.1 Å². The number of hydrogen-bond donors (Lipinski definition) is 2. The first kappa shape index (κ1) is 21.7. The van der Waals surface area contributed by atoms with Gasteiger partial charge in [-0.15, -0.1) is 0 Å². The summed E-state index contributed by atoms with van der Waals surface area (Å²) in [5, 5.41) is 5.22. The molecule has 0 fully saturated rings. The smallest absolute Gasteiger partial charge is 0.353 e. The molecular formula is C17H19F6N5. The van der Waals surface area contributed by atoms with Gasteiger partial charge in [-0.25, -0.2) is 4.98 Å². The van der Waals surface area contributed by atoms with Crippen LogP contribution in [0.15, 0.2) is 24.3 Å². The van der Waals surface area contributed by atoms with Gasteiger partial charge in [0.1, 0.15) is 5.82 Å². The van der Waals surface area contributed by atoms with E-state index in [2.05, 4.69) is 20.6 Å². The highest BCUT2D eigenvalue weighted by molar-refractivity contribution is 5.62. The summed E-state index contributed by atoms with van der Waals surface area (Å²) in [5.41, 5.74) is -1.71. The van der Waals surface area contributed by atoms with E-state index in [4.69, 9.17) is 0 Å². The third kappa shape index (κ3) is 5.98. The van der Waals surface area contributed by atoms with Crippen molar-refractivity contribution in [1.29, 1.82) is 0 Å². The molecule has 154 valence electrons. The van der Waals surface area contributed by atoms with Crippen LogP contribution in [0.5, 0.6) is 0 Å².